The quantitative estimate of drug-likeness (QED) is 0.775. The van der Waals surface area contributed by atoms with E-state index in [-0.39, 0.29) is 11.6 Å². The van der Waals surface area contributed by atoms with Crippen LogP contribution in [0.3, 0.4) is 0 Å². The van der Waals surface area contributed by atoms with Gasteiger partial charge in [0, 0.05) is 18.5 Å². The molecule has 104 valence electrons. The van der Waals surface area contributed by atoms with E-state index in [1.807, 2.05) is 0 Å². The van der Waals surface area contributed by atoms with E-state index in [0.717, 1.165) is 31.7 Å². The van der Waals surface area contributed by atoms with E-state index in [0.29, 0.717) is 12.4 Å². The highest BCUT2D eigenvalue weighted by Gasteiger charge is 2.28. The molecule has 2 nitrogen and oxygen atoms in total. The lowest BCUT2D eigenvalue weighted by molar-refractivity contribution is 0.0689. The second kappa shape index (κ2) is 6.33. The molecule has 1 fully saturated rings. The van der Waals surface area contributed by atoms with Gasteiger partial charge in [-0.1, -0.05) is 18.9 Å². The van der Waals surface area contributed by atoms with Crippen LogP contribution in [0.5, 0.6) is 0 Å². The number of hydrogen-bond donors (Lipinski definition) is 0. The number of carbonyl (C=O) groups is 1. The maximum atomic E-state index is 13.7. The van der Waals surface area contributed by atoms with Gasteiger partial charge in [0.1, 0.15) is 0 Å². The molecule has 1 aliphatic carbocycles. The van der Waals surface area contributed by atoms with Gasteiger partial charge in [-0.25, -0.2) is 8.78 Å². The largest absolute Gasteiger partial charge is 0.334 e. The van der Waals surface area contributed by atoms with Crippen LogP contribution in [0.4, 0.5) is 8.78 Å². The predicted molar refractivity (Wildman–Crippen MR) is 70.4 cm³/mol. The average Bonchev–Trinajstić information content (AvgIpc) is 2.92. The second-order valence-corrected chi connectivity index (χ2v) is 5.11. The topological polar surface area (TPSA) is 20.3 Å². The summed E-state index contributed by atoms with van der Waals surface area (Å²) in [6.07, 6.45) is 3.92. The molecule has 1 aromatic carbocycles. The standard InChI is InChI=1S/C14H16ClF2NO/c15-8-9-18(10-4-1-2-5-10)14(19)11-6-3-7-12(16)13(11)17/h3,6-7,10H,1-2,4-5,8-9H2. The van der Waals surface area contributed by atoms with Crippen LogP contribution >= 0.6 is 11.6 Å². The van der Waals surface area contributed by atoms with Crippen molar-refractivity contribution < 1.29 is 13.6 Å². The Kier molecular flexibility index (Phi) is 4.75. The maximum absolute atomic E-state index is 13.7. The molecule has 2 rings (SSSR count). The van der Waals surface area contributed by atoms with Gasteiger partial charge >= 0.3 is 0 Å². The van der Waals surface area contributed by atoms with E-state index in [9.17, 15) is 13.6 Å². The lowest BCUT2D eigenvalue weighted by Gasteiger charge is -2.28. The van der Waals surface area contributed by atoms with E-state index in [4.69, 9.17) is 11.6 Å². The number of hydrogen-bond acceptors (Lipinski definition) is 1. The van der Waals surface area contributed by atoms with Crippen LogP contribution < -0.4 is 0 Å². The fraction of sp³-hybridized carbons (Fsp3) is 0.500. The first kappa shape index (κ1) is 14.3. The minimum atomic E-state index is -1.08. The number of rotatable bonds is 4. The van der Waals surface area contributed by atoms with E-state index in [1.165, 1.54) is 12.1 Å². The fourth-order valence-electron chi connectivity index (χ4n) is 2.58. The summed E-state index contributed by atoms with van der Waals surface area (Å²) in [5.74, 6) is -2.25. The van der Waals surface area contributed by atoms with Gasteiger partial charge in [0.2, 0.25) is 0 Å². The number of alkyl halides is 1. The summed E-state index contributed by atoms with van der Waals surface area (Å²) >= 11 is 5.72. The summed E-state index contributed by atoms with van der Waals surface area (Å²) in [6.45, 7) is 0.362. The van der Waals surface area contributed by atoms with Crippen molar-refractivity contribution in [2.45, 2.75) is 31.7 Å². The third-order valence-corrected chi connectivity index (χ3v) is 3.70. The van der Waals surface area contributed by atoms with E-state index in [1.54, 1.807) is 4.90 Å². The van der Waals surface area contributed by atoms with Crippen LogP contribution in [0, 0.1) is 11.6 Å². The molecule has 0 N–H and O–H groups in total. The summed E-state index contributed by atoms with van der Waals surface area (Å²) in [6, 6.07) is 3.76. The summed E-state index contributed by atoms with van der Waals surface area (Å²) in [5, 5.41) is 0. The molecule has 1 aromatic rings. The predicted octanol–water partition coefficient (Wildman–Crippen LogP) is 3.59. The first-order chi connectivity index (χ1) is 9.15. The monoisotopic (exact) mass is 287 g/mol. The molecular formula is C14H16ClF2NO. The Hall–Kier alpha value is -1.16. The number of carbonyl (C=O) groups excluding carboxylic acids is 1. The van der Waals surface area contributed by atoms with Crippen molar-refractivity contribution in [3.05, 3.63) is 35.4 Å². The molecule has 0 heterocycles. The Morgan fingerprint density at radius 2 is 2.00 bits per heavy atom. The molecular weight excluding hydrogens is 272 g/mol. The molecule has 1 saturated carbocycles. The van der Waals surface area contributed by atoms with Crippen LogP contribution in [0.1, 0.15) is 36.0 Å². The van der Waals surface area contributed by atoms with E-state index < -0.39 is 17.5 Å². The molecule has 0 aromatic heterocycles. The lowest BCUT2D eigenvalue weighted by Crippen LogP contribution is -2.40. The van der Waals surface area contributed by atoms with Crippen LogP contribution in [-0.4, -0.2) is 29.3 Å². The maximum Gasteiger partial charge on any atom is 0.257 e. The highest BCUT2D eigenvalue weighted by molar-refractivity contribution is 6.18. The highest BCUT2D eigenvalue weighted by Crippen LogP contribution is 2.25. The molecule has 0 unspecified atom stereocenters. The van der Waals surface area contributed by atoms with Crippen LogP contribution in [0.15, 0.2) is 18.2 Å². The molecule has 1 aliphatic rings. The van der Waals surface area contributed by atoms with E-state index >= 15 is 0 Å². The first-order valence-electron chi connectivity index (χ1n) is 6.46. The van der Waals surface area contributed by atoms with Gasteiger partial charge in [-0.2, -0.15) is 0 Å². The fourth-order valence-corrected chi connectivity index (χ4v) is 2.76. The zero-order chi connectivity index (χ0) is 13.8. The number of amides is 1. The molecule has 0 bridgehead atoms. The SMILES string of the molecule is O=C(c1cccc(F)c1F)N(CCCl)C1CCCC1. The normalized spacial score (nSPS) is 15.7. The van der Waals surface area contributed by atoms with Crippen molar-refractivity contribution in [1.29, 1.82) is 0 Å². The lowest BCUT2D eigenvalue weighted by atomic mass is 10.1. The molecule has 19 heavy (non-hydrogen) atoms. The summed E-state index contributed by atoms with van der Waals surface area (Å²) in [5.41, 5.74) is -0.211. The Balaban J connectivity index is 2.25. The van der Waals surface area contributed by atoms with E-state index in [2.05, 4.69) is 0 Å². The van der Waals surface area contributed by atoms with Gasteiger partial charge in [0.25, 0.3) is 5.91 Å². The number of benzene rings is 1. The molecule has 0 aliphatic heterocycles. The zero-order valence-corrected chi connectivity index (χ0v) is 11.3. The van der Waals surface area contributed by atoms with Gasteiger partial charge in [-0.15, -0.1) is 11.6 Å². The molecule has 0 spiro atoms. The number of nitrogens with zero attached hydrogens (tertiary/aromatic N) is 1. The van der Waals surface area contributed by atoms with Crippen molar-refractivity contribution in [2.75, 3.05) is 12.4 Å². The summed E-state index contributed by atoms with van der Waals surface area (Å²) in [4.78, 5) is 13.9. The third-order valence-electron chi connectivity index (χ3n) is 3.53. The van der Waals surface area contributed by atoms with Crippen LogP contribution in [0.25, 0.3) is 0 Å². The van der Waals surface area contributed by atoms with Gasteiger partial charge in [0.15, 0.2) is 11.6 Å². The molecule has 1 amide bonds. The minimum absolute atomic E-state index is 0.0916. The zero-order valence-electron chi connectivity index (χ0n) is 10.5. The molecule has 0 atom stereocenters. The summed E-state index contributed by atoms with van der Waals surface area (Å²) in [7, 11) is 0. The Bertz CT molecular complexity index is 461. The molecule has 0 saturated heterocycles. The Morgan fingerprint density at radius 1 is 1.32 bits per heavy atom. The van der Waals surface area contributed by atoms with Gasteiger partial charge in [-0.05, 0) is 25.0 Å². The first-order valence-corrected chi connectivity index (χ1v) is 6.99. The van der Waals surface area contributed by atoms with Gasteiger partial charge in [-0.3, -0.25) is 4.79 Å². The minimum Gasteiger partial charge on any atom is -0.334 e. The Labute approximate surface area is 116 Å². The number of halogens is 3. The van der Waals surface area contributed by atoms with Crippen LogP contribution in [0.2, 0.25) is 0 Å². The van der Waals surface area contributed by atoms with Gasteiger partial charge in [0.05, 0.1) is 5.56 Å². The second-order valence-electron chi connectivity index (χ2n) is 4.73. The smallest absolute Gasteiger partial charge is 0.257 e. The van der Waals surface area contributed by atoms with Crippen LogP contribution in [-0.2, 0) is 0 Å². The van der Waals surface area contributed by atoms with Crippen molar-refractivity contribution >= 4 is 17.5 Å². The Morgan fingerprint density at radius 3 is 2.63 bits per heavy atom. The highest BCUT2D eigenvalue weighted by atomic mass is 35.5. The molecule has 5 heteroatoms. The van der Waals surface area contributed by atoms with Gasteiger partial charge < -0.3 is 4.90 Å². The molecule has 0 radical (unpaired) electrons. The van der Waals surface area contributed by atoms with Crippen molar-refractivity contribution in [2.24, 2.45) is 0 Å². The third kappa shape index (κ3) is 3.06. The van der Waals surface area contributed by atoms with Crippen molar-refractivity contribution in [3.63, 3.8) is 0 Å². The van der Waals surface area contributed by atoms with Crippen molar-refractivity contribution in [3.8, 4) is 0 Å². The average molecular weight is 288 g/mol. The summed E-state index contributed by atoms with van der Waals surface area (Å²) < 4.78 is 26.9. The van der Waals surface area contributed by atoms with Crippen molar-refractivity contribution in [1.82, 2.24) is 4.90 Å².